The average Bonchev–Trinajstić information content (AvgIpc) is 3.00. The molecule has 1 aliphatic rings. The Hall–Kier alpha value is -5.02. The van der Waals surface area contributed by atoms with Crippen LogP contribution in [0.2, 0.25) is 0 Å². The van der Waals surface area contributed by atoms with E-state index in [1.165, 1.54) is 60.5 Å². The standard InChI is InChI=1S/C37H28N3/c1-24-18-19-38-23-34(24)26-14-16-27(17-15-26)36-30-9-3-5-11-32(30)37(33-12-6-4-10-31(33)36)29-20-28(21-39-22-29)35-13-7-8-25(2)40-35/h3-21,23H,22H2,1-2H3/q-1. The van der Waals surface area contributed by atoms with Crippen molar-refractivity contribution < 1.29 is 0 Å². The van der Waals surface area contributed by atoms with E-state index in [9.17, 15) is 0 Å². The van der Waals surface area contributed by atoms with Gasteiger partial charge >= 0.3 is 0 Å². The molecule has 0 fully saturated rings. The first-order valence-corrected chi connectivity index (χ1v) is 13.6. The lowest BCUT2D eigenvalue weighted by molar-refractivity contribution is 1.17. The molecule has 0 atom stereocenters. The largest absolute Gasteiger partial charge is 0.686 e. The van der Waals surface area contributed by atoms with E-state index in [-0.39, 0.29) is 0 Å². The Morgan fingerprint density at radius 3 is 1.95 bits per heavy atom. The molecule has 3 heteroatoms. The Morgan fingerprint density at radius 1 is 0.650 bits per heavy atom. The van der Waals surface area contributed by atoms with Crippen LogP contribution >= 0.6 is 0 Å². The second-order valence-electron chi connectivity index (χ2n) is 10.4. The number of fused-ring (bicyclic) bond motifs is 2. The molecule has 3 heterocycles. The fourth-order valence-electron chi connectivity index (χ4n) is 5.88. The number of aromatic nitrogens is 2. The lowest BCUT2D eigenvalue weighted by Crippen LogP contribution is -2.01. The van der Waals surface area contributed by atoms with Crippen molar-refractivity contribution in [1.29, 1.82) is 0 Å². The fourth-order valence-corrected chi connectivity index (χ4v) is 5.88. The number of hydrogen-bond acceptors (Lipinski definition) is 2. The molecule has 2 aromatic heterocycles. The van der Waals surface area contributed by atoms with Crippen molar-refractivity contribution in [2.45, 2.75) is 13.8 Å². The minimum atomic E-state index is 0.641. The van der Waals surface area contributed by atoms with Crippen LogP contribution in [0, 0.1) is 13.8 Å². The van der Waals surface area contributed by atoms with Crippen molar-refractivity contribution >= 4 is 32.7 Å². The lowest BCUT2D eigenvalue weighted by Gasteiger charge is -2.28. The summed E-state index contributed by atoms with van der Waals surface area (Å²) in [6.07, 6.45) is 8.02. The van der Waals surface area contributed by atoms with Crippen LogP contribution in [0.1, 0.15) is 22.5 Å². The summed E-state index contributed by atoms with van der Waals surface area (Å²) in [7, 11) is 0. The summed E-state index contributed by atoms with van der Waals surface area (Å²) >= 11 is 0. The predicted molar refractivity (Wildman–Crippen MR) is 168 cm³/mol. The highest BCUT2D eigenvalue weighted by atomic mass is 14.8. The van der Waals surface area contributed by atoms with E-state index in [4.69, 9.17) is 10.3 Å². The molecule has 7 rings (SSSR count). The van der Waals surface area contributed by atoms with Crippen molar-refractivity contribution in [3.8, 4) is 22.3 Å². The van der Waals surface area contributed by atoms with Gasteiger partial charge < -0.3 is 5.32 Å². The Bertz CT molecular complexity index is 1910. The third-order valence-corrected chi connectivity index (χ3v) is 7.78. The van der Waals surface area contributed by atoms with Gasteiger partial charge in [0.05, 0.1) is 5.69 Å². The molecule has 1 aliphatic heterocycles. The van der Waals surface area contributed by atoms with Gasteiger partial charge in [0.1, 0.15) is 0 Å². The number of nitrogens with zero attached hydrogens (tertiary/aromatic N) is 3. The Labute approximate surface area is 234 Å². The number of pyridine rings is 2. The van der Waals surface area contributed by atoms with Crippen LogP contribution in [-0.4, -0.2) is 16.5 Å². The van der Waals surface area contributed by atoms with Crippen LogP contribution in [0.15, 0.2) is 122 Å². The predicted octanol–water partition coefficient (Wildman–Crippen LogP) is 9.55. The van der Waals surface area contributed by atoms with E-state index in [0.717, 1.165) is 17.0 Å². The summed E-state index contributed by atoms with van der Waals surface area (Å²) in [5.41, 5.74) is 11.5. The Morgan fingerprint density at radius 2 is 1.30 bits per heavy atom. The zero-order valence-corrected chi connectivity index (χ0v) is 22.6. The van der Waals surface area contributed by atoms with Crippen molar-refractivity contribution in [3.63, 3.8) is 0 Å². The number of allylic oxidation sites excluding steroid dienone is 2. The van der Waals surface area contributed by atoms with Gasteiger partial charge in [-0.15, -0.1) is 6.54 Å². The van der Waals surface area contributed by atoms with Gasteiger partial charge in [-0.05, 0) is 87.0 Å². The van der Waals surface area contributed by atoms with Gasteiger partial charge in [-0.1, -0.05) is 90.5 Å². The Balaban J connectivity index is 1.43. The van der Waals surface area contributed by atoms with Gasteiger partial charge in [0.15, 0.2) is 0 Å². The van der Waals surface area contributed by atoms with Crippen molar-refractivity contribution in [3.05, 3.63) is 150 Å². The number of benzene rings is 4. The second kappa shape index (κ2) is 9.94. The molecule has 0 aliphatic carbocycles. The van der Waals surface area contributed by atoms with Crippen molar-refractivity contribution in [2.24, 2.45) is 0 Å². The molecule has 0 spiro atoms. The zero-order valence-electron chi connectivity index (χ0n) is 22.6. The van der Waals surface area contributed by atoms with E-state index in [1.54, 1.807) is 0 Å². The first-order valence-electron chi connectivity index (χ1n) is 13.6. The molecule has 0 unspecified atom stereocenters. The number of rotatable bonds is 4. The van der Waals surface area contributed by atoms with Gasteiger partial charge in [-0.2, -0.15) is 6.20 Å². The molecule has 0 N–H and O–H groups in total. The smallest absolute Gasteiger partial charge is 0.0687 e. The van der Waals surface area contributed by atoms with Crippen LogP contribution in [0.25, 0.3) is 60.3 Å². The molecule has 40 heavy (non-hydrogen) atoms. The summed E-state index contributed by atoms with van der Waals surface area (Å²) in [4.78, 5) is 9.11. The highest BCUT2D eigenvalue weighted by molar-refractivity contribution is 6.19. The van der Waals surface area contributed by atoms with Gasteiger partial charge in [-0.3, -0.25) is 9.97 Å². The lowest BCUT2D eigenvalue weighted by atomic mass is 9.84. The van der Waals surface area contributed by atoms with Gasteiger partial charge in [0.2, 0.25) is 0 Å². The average molecular weight is 515 g/mol. The highest BCUT2D eigenvalue weighted by Gasteiger charge is 2.18. The molecule has 3 nitrogen and oxygen atoms in total. The molecule has 6 aromatic rings. The highest BCUT2D eigenvalue weighted by Crippen LogP contribution is 2.43. The van der Waals surface area contributed by atoms with Gasteiger partial charge in [-0.25, -0.2) is 0 Å². The Kier molecular flexibility index (Phi) is 5.98. The molecular weight excluding hydrogens is 486 g/mol. The third-order valence-electron chi connectivity index (χ3n) is 7.78. The van der Waals surface area contributed by atoms with Gasteiger partial charge in [0, 0.05) is 23.7 Å². The van der Waals surface area contributed by atoms with E-state index >= 15 is 0 Å². The van der Waals surface area contributed by atoms with E-state index in [1.807, 2.05) is 31.6 Å². The summed E-state index contributed by atoms with van der Waals surface area (Å²) in [6.45, 7) is 4.80. The second-order valence-corrected chi connectivity index (χ2v) is 10.4. The topological polar surface area (TPSA) is 39.9 Å². The van der Waals surface area contributed by atoms with Crippen LogP contribution in [-0.2, 0) is 0 Å². The maximum Gasteiger partial charge on any atom is 0.0687 e. The molecule has 192 valence electrons. The van der Waals surface area contributed by atoms with Crippen LogP contribution in [0.4, 0.5) is 0 Å². The summed E-state index contributed by atoms with van der Waals surface area (Å²) in [6, 6.07) is 34.7. The molecule has 0 radical (unpaired) electrons. The maximum atomic E-state index is 4.79. The van der Waals surface area contributed by atoms with Crippen LogP contribution in [0.3, 0.4) is 0 Å². The molecule has 0 saturated heterocycles. The molecule has 0 amide bonds. The van der Waals surface area contributed by atoms with Crippen molar-refractivity contribution in [1.82, 2.24) is 9.97 Å². The van der Waals surface area contributed by atoms with Crippen LogP contribution < -0.4 is 0 Å². The monoisotopic (exact) mass is 514 g/mol. The quantitative estimate of drug-likeness (QED) is 0.220. The van der Waals surface area contributed by atoms with Crippen LogP contribution in [0.5, 0.6) is 0 Å². The summed E-state index contributed by atoms with van der Waals surface area (Å²) in [5, 5.41) is 9.75. The van der Waals surface area contributed by atoms with E-state index in [2.05, 4.69) is 109 Å². The molecular formula is C37H28N3-. The minimum absolute atomic E-state index is 0.641. The van der Waals surface area contributed by atoms with Gasteiger partial charge in [0.25, 0.3) is 0 Å². The molecule has 0 bridgehead atoms. The number of hydrogen-bond donors (Lipinski definition) is 0. The first kappa shape index (κ1) is 24.1. The summed E-state index contributed by atoms with van der Waals surface area (Å²) < 4.78 is 0. The minimum Gasteiger partial charge on any atom is -0.686 e. The maximum absolute atomic E-state index is 4.79. The summed E-state index contributed by atoms with van der Waals surface area (Å²) in [5.74, 6) is 0. The van der Waals surface area contributed by atoms with E-state index < -0.39 is 0 Å². The molecule has 0 saturated carbocycles. The third kappa shape index (κ3) is 4.17. The van der Waals surface area contributed by atoms with Crippen molar-refractivity contribution in [2.75, 3.05) is 6.54 Å². The first-order chi connectivity index (χ1) is 19.7. The zero-order chi connectivity index (χ0) is 27.1. The van der Waals surface area contributed by atoms with E-state index in [0.29, 0.717) is 6.54 Å². The fraction of sp³-hybridized carbons (Fsp3) is 0.0811. The normalized spacial score (nSPS) is 13.2. The SMILES string of the molecule is Cc1cccc(C2=C[N-]CC(c3c4ccccc4c(-c4ccc(-c5cnccc5C)cc4)c4ccccc34)=C2)n1. The molecule has 4 aromatic carbocycles. The number of aryl methyl sites for hydroxylation is 2.